The molecule has 5 atom stereocenters. The fourth-order valence-electron chi connectivity index (χ4n) is 3.42. The summed E-state index contributed by atoms with van der Waals surface area (Å²) in [4.78, 5) is 13.7. The first-order chi connectivity index (χ1) is 11.0. The van der Waals surface area contributed by atoms with E-state index in [4.69, 9.17) is 9.47 Å². The van der Waals surface area contributed by atoms with Crippen molar-refractivity contribution < 1.29 is 19.4 Å². The van der Waals surface area contributed by atoms with E-state index in [2.05, 4.69) is 22.3 Å². The predicted molar refractivity (Wildman–Crippen MR) is 84.5 cm³/mol. The van der Waals surface area contributed by atoms with E-state index in [-0.39, 0.29) is 30.4 Å². The minimum absolute atomic E-state index is 0.0218. The van der Waals surface area contributed by atoms with Gasteiger partial charge in [-0.25, -0.2) is 0 Å². The van der Waals surface area contributed by atoms with Crippen molar-refractivity contribution in [2.75, 3.05) is 13.2 Å². The van der Waals surface area contributed by atoms with Crippen molar-refractivity contribution in [2.24, 2.45) is 0 Å². The number of likely N-dealkylation sites (tertiary alicyclic amines) is 1. The van der Waals surface area contributed by atoms with Gasteiger partial charge in [-0.2, -0.15) is 0 Å². The number of aliphatic hydroxyl groups is 1. The Morgan fingerprint density at radius 1 is 1.39 bits per heavy atom. The number of aliphatic hydroxyl groups excluding tert-OH is 1. The topological polar surface area (TPSA) is 71.0 Å². The highest BCUT2D eigenvalue weighted by Gasteiger charge is 2.46. The fourth-order valence-corrected chi connectivity index (χ4v) is 3.42. The van der Waals surface area contributed by atoms with Gasteiger partial charge in [0.1, 0.15) is 12.2 Å². The lowest BCUT2D eigenvalue weighted by Crippen LogP contribution is -2.68. The van der Waals surface area contributed by atoms with E-state index < -0.39 is 6.10 Å². The number of carbonyl (C=O) groups is 1. The van der Waals surface area contributed by atoms with Crippen LogP contribution in [0.4, 0.5) is 0 Å². The minimum Gasteiger partial charge on any atom is -0.388 e. The molecule has 2 fully saturated rings. The molecule has 0 spiro atoms. The van der Waals surface area contributed by atoms with Gasteiger partial charge in [0.25, 0.3) is 0 Å². The lowest BCUT2D eigenvalue weighted by Gasteiger charge is -2.50. The Balaban J connectivity index is 1.79. The number of fused-ring (bicyclic) bond motifs is 1. The summed E-state index contributed by atoms with van der Waals surface area (Å²) in [5.74, 6) is -0.146. The maximum Gasteiger partial charge on any atom is 0.217 e. The third-order valence-electron chi connectivity index (χ3n) is 4.50. The average Bonchev–Trinajstić information content (AvgIpc) is 2.52. The maximum absolute atomic E-state index is 11.4. The number of nitrogens with one attached hydrogen (secondary N) is 1. The molecule has 0 radical (unpaired) electrons. The predicted octanol–water partition coefficient (Wildman–Crippen LogP) is 0.498. The third-order valence-corrected chi connectivity index (χ3v) is 4.50. The van der Waals surface area contributed by atoms with Crippen LogP contribution in [0.25, 0.3) is 0 Å². The quantitative estimate of drug-likeness (QED) is 0.848. The molecule has 2 heterocycles. The molecule has 2 aliphatic rings. The van der Waals surface area contributed by atoms with E-state index in [1.807, 2.05) is 25.1 Å². The van der Waals surface area contributed by atoms with E-state index in [1.165, 1.54) is 12.5 Å². The van der Waals surface area contributed by atoms with E-state index >= 15 is 0 Å². The van der Waals surface area contributed by atoms with Crippen molar-refractivity contribution in [1.29, 1.82) is 0 Å². The van der Waals surface area contributed by atoms with Crippen molar-refractivity contribution >= 4 is 5.91 Å². The Kier molecular flexibility index (Phi) is 4.96. The van der Waals surface area contributed by atoms with E-state index in [1.54, 1.807) is 0 Å². The van der Waals surface area contributed by atoms with Crippen LogP contribution in [0.1, 0.15) is 19.4 Å². The second-order valence-electron chi connectivity index (χ2n) is 6.28. The van der Waals surface area contributed by atoms with E-state index in [9.17, 15) is 9.90 Å². The van der Waals surface area contributed by atoms with Gasteiger partial charge in [-0.1, -0.05) is 30.3 Å². The van der Waals surface area contributed by atoms with Gasteiger partial charge in [-0.15, -0.1) is 0 Å². The van der Waals surface area contributed by atoms with Crippen LogP contribution in [0.15, 0.2) is 30.3 Å². The van der Waals surface area contributed by atoms with Gasteiger partial charge in [0, 0.05) is 20.0 Å². The molecule has 1 aromatic carbocycles. The molecule has 23 heavy (non-hydrogen) atoms. The highest BCUT2D eigenvalue weighted by Crippen LogP contribution is 2.28. The van der Waals surface area contributed by atoms with Gasteiger partial charge in [-0.05, 0) is 12.5 Å². The molecule has 6 heteroatoms. The monoisotopic (exact) mass is 320 g/mol. The summed E-state index contributed by atoms with van der Waals surface area (Å²) >= 11 is 0. The van der Waals surface area contributed by atoms with Crippen LogP contribution in [0.5, 0.6) is 0 Å². The number of piperidine rings is 1. The summed E-state index contributed by atoms with van der Waals surface area (Å²) in [5.41, 5.74) is 1.18. The number of benzene rings is 1. The molecule has 126 valence electrons. The van der Waals surface area contributed by atoms with Crippen LogP contribution in [-0.4, -0.2) is 59.6 Å². The highest BCUT2D eigenvalue weighted by atomic mass is 16.7. The summed E-state index contributed by atoms with van der Waals surface area (Å²) in [5, 5.41) is 13.4. The Bertz CT molecular complexity index is 539. The van der Waals surface area contributed by atoms with Gasteiger partial charge in [-0.3, -0.25) is 9.69 Å². The standard InChI is InChI=1S/C17H24N2O4/c1-11(20)18-14-9-19(8-13-6-4-3-5-7-13)15-10-22-12(2)23-17(15)16(14)21/h3-7,12,14-17,21H,8-10H2,1-2H3,(H,18,20)/t12?,14-,15+,16+,17+/m0/s1. The Hall–Kier alpha value is -1.47. The lowest BCUT2D eigenvalue weighted by atomic mass is 9.91. The number of hydrogen-bond donors (Lipinski definition) is 2. The van der Waals surface area contributed by atoms with Crippen LogP contribution < -0.4 is 5.32 Å². The van der Waals surface area contributed by atoms with Gasteiger partial charge in [0.05, 0.1) is 18.7 Å². The van der Waals surface area contributed by atoms with Crippen LogP contribution in [0, 0.1) is 0 Å². The molecule has 1 amide bonds. The molecule has 2 N–H and O–H groups in total. The molecule has 2 saturated heterocycles. The highest BCUT2D eigenvalue weighted by molar-refractivity contribution is 5.73. The van der Waals surface area contributed by atoms with E-state index in [0.717, 1.165) is 6.54 Å². The van der Waals surface area contributed by atoms with Crippen LogP contribution in [-0.2, 0) is 20.8 Å². The fraction of sp³-hybridized carbons (Fsp3) is 0.588. The van der Waals surface area contributed by atoms with Crippen molar-refractivity contribution in [1.82, 2.24) is 10.2 Å². The van der Waals surface area contributed by atoms with Crippen molar-refractivity contribution in [3.63, 3.8) is 0 Å². The van der Waals surface area contributed by atoms with E-state index in [0.29, 0.717) is 13.2 Å². The van der Waals surface area contributed by atoms with Gasteiger partial charge < -0.3 is 19.9 Å². The second-order valence-corrected chi connectivity index (χ2v) is 6.28. The molecular weight excluding hydrogens is 296 g/mol. The third kappa shape index (κ3) is 3.72. The number of ether oxygens (including phenoxy) is 2. The van der Waals surface area contributed by atoms with Crippen molar-refractivity contribution in [3.05, 3.63) is 35.9 Å². The van der Waals surface area contributed by atoms with Crippen LogP contribution in [0.3, 0.4) is 0 Å². The average molecular weight is 320 g/mol. The van der Waals surface area contributed by atoms with Gasteiger partial charge in [0.2, 0.25) is 5.91 Å². The first-order valence-electron chi connectivity index (χ1n) is 8.05. The molecule has 0 aliphatic carbocycles. The normalized spacial score (nSPS) is 34.7. The molecule has 0 saturated carbocycles. The Labute approximate surface area is 136 Å². The zero-order valence-corrected chi connectivity index (χ0v) is 13.5. The van der Waals surface area contributed by atoms with Gasteiger partial charge >= 0.3 is 0 Å². The van der Waals surface area contributed by atoms with Crippen molar-refractivity contribution in [2.45, 2.75) is 51.0 Å². The first-order valence-corrected chi connectivity index (χ1v) is 8.05. The summed E-state index contributed by atoms with van der Waals surface area (Å²) in [6.45, 7) is 5.10. The zero-order chi connectivity index (χ0) is 16.4. The Morgan fingerprint density at radius 2 is 2.13 bits per heavy atom. The zero-order valence-electron chi connectivity index (χ0n) is 13.5. The number of carbonyl (C=O) groups excluding carboxylic acids is 1. The minimum atomic E-state index is -0.734. The number of nitrogens with zero attached hydrogens (tertiary/aromatic N) is 1. The number of amides is 1. The molecule has 2 aliphatic heterocycles. The molecule has 0 bridgehead atoms. The summed E-state index contributed by atoms with van der Waals surface area (Å²) in [6, 6.07) is 9.77. The molecule has 0 aromatic heterocycles. The maximum atomic E-state index is 11.4. The molecule has 1 aromatic rings. The second kappa shape index (κ2) is 6.97. The number of hydrogen-bond acceptors (Lipinski definition) is 5. The molecular formula is C17H24N2O4. The summed E-state index contributed by atoms with van der Waals surface area (Å²) < 4.78 is 11.4. The van der Waals surface area contributed by atoms with Crippen LogP contribution in [0.2, 0.25) is 0 Å². The van der Waals surface area contributed by atoms with Crippen LogP contribution >= 0.6 is 0 Å². The van der Waals surface area contributed by atoms with Crippen molar-refractivity contribution in [3.8, 4) is 0 Å². The smallest absolute Gasteiger partial charge is 0.217 e. The Morgan fingerprint density at radius 3 is 2.83 bits per heavy atom. The molecule has 1 unspecified atom stereocenters. The summed E-state index contributed by atoms with van der Waals surface area (Å²) in [7, 11) is 0. The molecule has 3 rings (SSSR count). The largest absolute Gasteiger partial charge is 0.388 e. The summed E-state index contributed by atoms with van der Waals surface area (Å²) in [6.07, 6.45) is -1.45. The molecule has 6 nitrogen and oxygen atoms in total. The van der Waals surface area contributed by atoms with Gasteiger partial charge in [0.15, 0.2) is 6.29 Å². The SMILES string of the molecule is CC(=O)N[C@H]1CN(Cc2ccccc2)[C@@H]2COC(C)O[C@H]2[C@@H]1O. The number of rotatable bonds is 3. The first kappa shape index (κ1) is 16.4. The lowest BCUT2D eigenvalue weighted by molar-refractivity contribution is -0.268.